The van der Waals surface area contributed by atoms with Gasteiger partial charge in [-0.05, 0) is 38.1 Å². The highest BCUT2D eigenvalue weighted by molar-refractivity contribution is 5.90. The van der Waals surface area contributed by atoms with Gasteiger partial charge in [-0.2, -0.15) is 0 Å². The van der Waals surface area contributed by atoms with Crippen LogP contribution in [0.2, 0.25) is 0 Å². The first-order valence-corrected chi connectivity index (χ1v) is 8.33. The van der Waals surface area contributed by atoms with Gasteiger partial charge in [0.25, 0.3) is 5.91 Å². The van der Waals surface area contributed by atoms with E-state index < -0.39 is 0 Å². The van der Waals surface area contributed by atoms with Crippen molar-refractivity contribution in [3.05, 3.63) is 41.7 Å². The van der Waals surface area contributed by atoms with Crippen molar-refractivity contribution in [3.63, 3.8) is 0 Å². The van der Waals surface area contributed by atoms with E-state index in [1.54, 1.807) is 28.6 Å². The van der Waals surface area contributed by atoms with Gasteiger partial charge in [-0.3, -0.25) is 9.69 Å². The molecule has 0 spiro atoms. The second-order valence-electron chi connectivity index (χ2n) is 6.24. The smallest absolute Gasteiger partial charge is 0.293 e. The molecule has 0 saturated carbocycles. The van der Waals surface area contributed by atoms with E-state index in [1.165, 1.54) is 12.1 Å². The summed E-state index contributed by atoms with van der Waals surface area (Å²) in [5.74, 6) is 0.179. The summed E-state index contributed by atoms with van der Waals surface area (Å²) in [5.41, 5.74) is 0.659. The summed E-state index contributed by atoms with van der Waals surface area (Å²) >= 11 is 0. The van der Waals surface area contributed by atoms with Gasteiger partial charge in [0, 0.05) is 32.2 Å². The summed E-state index contributed by atoms with van der Waals surface area (Å²) in [6, 6.07) is 5.91. The molecule has 2 heterocycles. The van der Waals surface area contributed by atoms with Gasteiger partial charge in [0.05, 0.1) is 12.3 Å². The number of aryl methyl sites for hydroxylation is 1. The van der Waals surface area contributed by atoms with Crippen molar-refractivity contribution in [1.29, 1.82) is 0 Å². The van der Waals surface area contributed by atoms with Crippen LogP contribution in [0.15, 0.2) is 24.3 Å². The van der Waals surface area contributed by atoms with Crippen molar-refractivity contribution in [2.45, 2.75) is 19.9 Å². The number of benzene rings is 1. The molecule has 1 aliphatic rings. The molecule has 1 fully saturated rings. The zero-order chi connectivity index (χ0) is 18.0. The fraction of sp³-hybridized carbons (Fsp3) is 0.471. The van der Waals surface area contributed by atoms with E-state index in [9.17, 15) is 9.18 Å². The number of amides is 1. The molecular weight excluding hydrogens is 325 g/mol. The number of carbonyl (C=O) groups is 1. The molecule has 2 aromatic rings. The SMILES string of the molecule is Cc1nc(C(=O)N2CCN(CCO)CC2C)nn1-c1ccc(F)cc1. The molecule has 0 aliphatic carbocycles. The predicted octanol–water partition coefficient (Wildman–Crippen LogP) is 0.853. The highest BCUT2D eigenvalue weighted by Crippen LogP contribution is 2.15. The second kappa shape index (κ2) is 7.28. The summed E-state index contributed by atoms with van der Waals surface area (Å²) in [5, 5.41) is 13.4. The first kappa shape index (κ1) is 17.5. The van der Waals surface area contributed by atoms with Crippen molar-refractivity contribution in [1.82, 2.24) is 24.6 Å². The lowest BCUT2D eigenvalue weighted by Crippen LogP contribution is -2.54. The predicted molar refractivity (Wildman–Crippen MR) is 90.1 cm³/mol. The van der Waals surface area contributed by atoms with Crippen LogP contribution in [0.5, 0.6) is 0 Å². The average molecular weight is 347 g/mol. The number of piperazine rings is 1. The third kappa shape index (κ3) is 3.69. The quantitative estimate of drug-likeness (QED) is 0.888. The number of aromatic nitrogens is 3. The standard InChI is InChI=1S/C17H22FN5O2/c1-12-11-21(9-10-24)7-8-22(12)17(25)16-19-13(2)23(20-16)15-5-3-14(18)4-6-15/h3-6,12,24H,7-11H2,1-2H3. The zero-order valence-electron chi connectivity index (χ0n) is 14.4. The lowest BCUT2D eigenvalue weighted by Gasteiger charge is -2.39. The first-order chi connectivity index (χ1) is 12.0. The number of halogens is 1. The maximum Gasteiger partial charge on any atom is 0.293 e. The third-order valence-corrected chi connectivity index (χ3v) is 4.42. The maximum absolute atomic E-state index is 13.1. The number of β-amino-alcohol motifs (C(OH)–C–C–N with tert-alkyl or cyclic N) is 1. The van der Waals surface area contributed by atoms with E-state index in [0.717, 1.165) is 0 Å². The molecule has 7 nitrogen and oxygen atoms in total. The molecule has 3 rings (SSSR count). The number of nitrogens with zero attached hydrogens (tertiary/aromatic N) is 5. The number of hydrogen-bond donors (Lipinski definition) is 1. The van der Waals surface area contributed by atoms with Crippen LogP contribution in [0.1, 0.15) is 23.4 Å². The Morgan fingerprint density at radius 1 is 1.32 bits per heavy atom. The lowest BCUT2D eigenvalue weighted by molar-refractivity contribution is 0.0447. The van der Waals surface area contributed by atoms with Crippen molar-refractivity contribution < 1.29 is 14.3 Å². The molecule has 1 aliphatic heterocycles. The molecule has 134 valence electrons. The van der Waals surface area contributed by atoms with Crippen LogP contribution in [0.3, 0.4) is 0 Å². The van der Waals surface area contributed by atoms with Gasteiger partial charge in [0.15, 0.2) is 0 Å². The zero-order valence-corrected chi connectivity index (χ0v) is 14.4. The number of aliphatic hydroxyl groups excluding tert-OH is 1. The normalized spacial score (nSPS) is 18.6. The van der Waals surface area contributed by atoms with E-state index >= 15 is 0 Å². The Morgan fingerprint density at radius 3 is 2.68 bits per heavy atom. The molecule has 1 aromatic heterocycles. The van der Waals surface area contributed by atoms with Crippen molar-refractivity contribution in [2.24, 2.45) is 0 Å². The Balaban J connectivity index is 1.77. The summed E-state index contributed by atoms with van der Waals surface area (Å²) in [4.78, 5) is 21.0. The molecule has 0 radical (unpaired) electrons. The van der Waals surface area contributed by atoms with E-state index in [2.05, 4.69) is 15.0 Å². The van der Waals surface area contributed by atoms with Gasteiger partial charge in [0.1, 0.15) is 11.6 Å². The van der Waals surface area contributed by atoms with Crippen LogP contribution in [0.25, 0.3) is 5.69 Å². The minimum Gasteiger partial charge on any atom is -0.395 e. The Morgan fingerprint density at radius 2 is 2.04 bits per heavy atom. The van der Waals surface area contributed by atoms with Gasteiger partial charge in [-0.25, -0.2) is 14.1 Å². The fourth-order valence-electron chi connectivity index (χ4n) is 3.12. The minimum absolute atomic E-state index is 0.0193. The largest absolute Gasteiger partial charge is 0.395 e. The van der Waals surface area contributed by atoms with E-state index in [4.69, 9.17) is 5.11 Å². The lowest BCUT2D eigenvalue weighted by atomic mass is 10.2. The summed E-state index contributed by atoms with van der Waals surface area (Å²) in [7, 11) is 0. The topological polar surface area (TPSA) is 74.5 Å². The van der Waals surface area contributed by atoms with Gasteiger partial charge < -0.3 is 10.0 Å². The van der Waals surface area contributed by atoms with Crippen molar-refractivity contribution in [2.75, 3.05) is 32.8 Å². The number of aliphatic hydroxyl groups is 1. The molecule has 1 aromatic carbocycles. The molecule has 1 unspecified atom stereocenters. The molecular formula is C17H22FN5O2. The molecule has 1 N–H and O–H groups in total. The molecule has 0 bridgehead atoms. The van der Waals surface area contributed by atoms with Gasteiger partial charge in [-0.15, -0.1) is 5.10 Å². The second-order valence-corrected chi connectivity index (χ2v) is 6.24. The Kier molecular flexibility index (Phi) is 5.10. The minimum atomic E-state index is -0.326. The van der Waals surface area contributed by atoms with Crippen molar-refractivity contribution in [3.8, 4) is 5.69 Å². The van der Waals surface area contributed by atoms with E-state index in [1.807, 2.05) is 6.92 Å². The van der Waals surface area contributed by atoms with Gasteiger partial charge in [-0.1, -0.05) is 0 Å². The molecule has 1 saturated heterocycles. The van der Waals surface area contributed by atoms with Crippen molar-refractivity contribution >= 4 is 5.91 Å². The maximum atomic E-state index is 13.1. The fourth-order valence-corrected chi connectivity index (χ4v) is 3.12. The van der Waals surface area contributed by atoms with Gasteiger partial charge >= 0.3 is 0 Å². The molecule has 25 heavy (non-hydrogen) atoms. The van der Waals surface area contributed by atoms with Crippen LogP contribution in [0, 0.1) is 12.7 Å². The highest BCUT2D eigenvalue weighted by atomic mass is 19.1. The van der Waals surface area contributed by atoms with Crippen LogP contribution < -0.4 is 0 Å². The Bertz CT molecular complexity index is 746. The molecule has 8 heteroatoms. The molecule has 1 amide bonds. The Labute approximate surface area is 145 Å². The number of carbonyl (C=O) groups excluding carboxylic acids is 1. The first-order valence-electron chi connectivity index (χ1n) is 8.33. The van der Waals surface area contributed by atoms with E-state index in [0.29, 0.717) is 37.7 Å². The third-order valence-electron chi connectivity index (χ3n) is 4.42. The highest BCUT2D eigenvalue weighted by Gasteiger charge is 2.30. The van der Waals surface area contributed by atoms with E-state index in [-0.39, 0.29) is 30.2 Å². The monoisotopic (exact) mass is 347 g/mol. The summed E-state index contributed by atoms with van der Waals surface area (Å²) in [6.45, 7) is 6.47. The van der Waals surface area contributed by atoms with Gasteiger partial charge in [0.2, 0.25) is 5.82 Å². The summed E-state index contributed by atoms with van der Waals surface area (Å²) in [6.07, 6.45) is 0. The molecule has 1 atom stereocenters. The van der Waals surface area contributed by atoms with Crippen LogP contribution >= 0.6 is 0 Å². The average Bonchev–Trinajstić information content (AvgIpc) is 2.97. The summed E-state index contributed by atoms with van der Waals surface area (Å²) < 4.78 is 14.6. The van der Waals surface area contributed by atoms with Crippen LogP contribution in [-0.2, 0) is 0 Å². The number of hydrogen-bond acceptors (Lipinski definition) is 5. The van der Waals surface area contributed by atoms with Crippen LogP contribution in [-0.4, -0.2) is 74.4 Å². The Hall–Kier alpha value is -2.32. The number of rotatable bonds is 4. The van der Waals surface area contributed by atoms with Crippen LogP contribution in [0.4, 0.5) is 4.39 Å².